The van der Waals surface area contributed by atoms with E-state index in [-0.39, 0.29) is 17.7 Å². The minimum Gasteiger partial charge on any atom is -0.493 e. The summed E-state index contributed by atoms with van der Waals surface area (Å²) in [6, 6.07) is 5.56. The Kier molecular flexibility index (Phi) is 8.61. The molecule has 1 aromatic carbocycles. The molecule has 0 spiro atoms. The van der Waals surface area contributed by atoms with Gasteiger partial charge in [-0.15, -0.1) is 0 Å². The fourth-order valence-corrected chi connectivity index (χ4v) is 3.78. The van der Waals surface area contributed by atoms with Crippen molar-refractivity contribution < 1.29 is 19.1 Å². The van der Waals surface area contributed by atoms with Gasteiger partial charge in [-0.3, -0.25) is 9.59 Å². The van der Waals surface area contributed by atoms with Gasteiger partial charge in [-0.05, 0) is 43.4 Å². The molecule has 2 amide bonds. The smallest absolute Gasteiger partial charge is 0.226 e. The predicted octanol–water partition coefficient (Wildman–Crippen LogP) is 3.13. The second-order valence-electron chi connectivity index (χ2n) is 7.35. The molecule has 1 aliphatic rings. The molecule has 0 N–H and O–H groups in total. The Morgan fingerprint density at radius 1 is 1.04 bits per heavy atom. The molecule has 0 aliphatic carbocycles. The Labute approximate surface area is 168 Å². The minimum absolute atomic E-state index is 0.0447. The van der Waals surface area contributed by atoms with Crippen molar-refractivity contribution in [2.75, 3.05) is 40.4 Å². The van der Waals surface area contributed by atoms with Crippen LogP contribution in [0.1, 0.15) is 45.1 Å². The van der Waals surface area contributed by atoms with Gasteiger partial charge in [0.1, 0.15) is 0 Å². The largest absolute Gasteiger partial charge is 0.493 e. The number of amides is 2. The molecule has 2 rings (SSSR count). The van der Waals surface area contributed by atoms with Crippen LogP contribution in [0.15, 0.2) is 18.2 Å². The maximum Gasteiger partial charge on any atom is 0.226 e. The second-order valence-corrected chi connectivity index (χ2v) is 7.35. The molecule has 0 saturated carbocycles. The van der Waals surface area contributed by atoms with Crippen LogP contribution in [0, 0.1) is 5.92 Å². The Hall–Kier alpha value is -2.24. The molecule has 6 heteroatoms. The fraction of sp³-hybridized carbons (Fsp3) is 0.636. The average molecular weight is 391 g/mol. The molecule has 28 heavy (non-hydrogen) atoms. The summed E-state index contributed by atoms with van der Waals surface area (Å²) < 4.78 is 10.6. The van der Waals surface area contributed by atoms with Gasteiger partial charge < -0.3 is 19.3 Å². The van der Waals surface area contributed by atoms with Crippen molar-refractivity contribution in [2.24, 2.45) is 5.92 Å². The lowest BCUT2D eigenvalue weighted by Crippen LogP contribution is -2.45. The van der Waals surface area contributed by atoms with Crippen LogP contribution in [-0.2, 0) is 16.0 Å². The van der Waals surface area contributed by atoms with Gasteiger partial charge in [0.15, 0.2) is 11.5 Å². The summed E-state index contributed by atoms with van der Waals surface area (Å²) in [4.78, 5) is 29.3. The van der Waals surface area contributed by atoms with E-state index in [9.17, 15) is 9.59 Å². The molecular formula is C22H34N2O4. The number of hydrogen-bond donors (Lipinski definition) is 0. The summed E-state index contributed by atoms with van der Waals surface area (Å²) in [5.74, 6) is 1.68. The third-order valence-electron chi connectivity index (χ3n) is 5.30. The summed E-state index contributed by atoms with van der Waals surface area (Å²) in [6.07, 6.45) is 3.79. The average Bonchev–Trinajstić information content (AvgIpc) is 2.73. The lowest BCUT2D eigenvalue weighted by molar-refractivity contribution is -0.140. The lowest BCUT2D eigenvalue weighted by Gasteiger charge is -2.34. The van der Waals surface area contributed by atoms with E-state index in [2.05, 4.69) is 13.8 Å². The quantitative estimate of drug-likeness (QED) is 0.650. The van der Waals surface area contributed by atoms with Gasteiger partial charge in [0.2, 0.25) is 11.8 Å². The Morgan fingerprint density at radius 3 is 2.18 bits per heavy atom. The van der Waals surface area contributed by atoms with Crippen molar-refractivity contribution in [1.82, 2.24) is 9.80 Å². The van der Waals surface area contributed by atoms with Crippen molar-refractivity contribution in [3.05, 3.63) is 23.8 Å². The first-order chi connectivity index (χ1) is 13.5. The standard InChI is InChI=1S/C22H34N2O4/c1-5-11-24(12-6-2)22(26)18-9-13-23(14-10-18)21(25)16-17-7-8-19(27-3)20(15-17)28-4/h7-8,15,18H,5-6,9-14,16H2,1-4H3. The van der Waals surface area contributed by atoms with Gasteiger partial charge in [0, 0.05) is 32.1 Å². The van der Waals surface area contributed by atoms with Crippen molar-refractivity contribution in [1.29, 1.82) is 0 Å². The normalized spacial score (nSPS) is 14.6. The number of piperidine rings is 1. The highest BCUT2D eigenvalue weighted by molar-refractivity contribution is 5.81. The lowest BCUT2D eigenvalue weighted by atomic mass is 9.94. The highest BCUT2D eigenvalue weighted by atomic mass is 16.5. The number of rotatable bonds is 9. The van der Waals surface area contributed by atoms with Crippen LogP contribution in [0.2, 0.25) is 0 Å². The number of nitrogens with zero attached hydrogens (tertiary/aromatic N) is 2. The summed E-state index contributed by atoms with van der Waals surface area (Å²) in [6.45, 7) is 7.15. The first-order valence-corrected chi connectivity index (χ1v) is 10.3. The molecule has 1 aromatic rings. The summed E-state index contributed by atoms with van der Waals surface area (Å²) >= 11 is 0. The van der Waals surface area contributed by atoms with Crippen LogP contribution < -0.4 is 9.47 Å². The monoisotopic (exact) mass is 390 g/mol. The van der Waals surface area contributed by atoms with Gasteiger partial charge in [0.25, 0.3) is 0 Å². The van der Waals surface area contributed by atoms with E-state index in [1.54, 1.807) is 14.2 Å². The van der Waals surface area contributed by atoms with E-state index in [0.717, 1.165) is 44.3 Å². The van der Waals surface area contributed by atoms with Crippen molar-refractivity contribution in [2.45, 2.75) is 46.0 Å². The van der Waals surface area contributed by atoms with Gasteiger partial charge in [-0.2, -0.15) is 0 Å². The zero-order valence-electron chi connectivity index (χ0n) is 17.7. The maximum absolute atomic E-state index is 12.8. The van der Waals surface area contributed by atoms with E-state index in [1.807, 2.05) is 28.0 Å². The van der Waals surface area contributed by atoms with Gasteiger partial charge in [-0.25, -0.2) is 0 Å². The Morgan fingerprint density at radius 2 is 1.64 bits per heavy atom. The first kappa shape index (κ1) is 22.1. The number of hydrogen-bond acceptors (Lipinski definition) is 4. The number of carbonyl (C=O) groups excluding carboxylic acids is 2. The molecule has 1 aliphatic heterocycles. The summed E-state index contributed by atoms with van der Waals surface area (Å²) in [5, 5.41) is 0. The number of likely N-dealkylation sites (tertiary alicyclic amines) is 1. The number of benzene rings is 1. The number of methoxy groups -OCH3 is 2. The maximum atomic E-state index is 12.8. The topological polar surface area (TPSA) is 59.1 Å². The van der Waals surface area contributed by atoms with Crippen LogP contribution in [-0.4, -0.2) is 62.0 Å². The molecule has 0 bridgehead atoms. The van der Waals surface area contributed by atoms with Crippen LogP contribution in [0.25, 0.3) is 0 Å². The fourth-order valence-electron chi connectivity index (χ4n) is 3.78. The Bertz CT molecular complexity index is 648. The summed E-state index contributed by atoms with van der Waals surface area (Å²) in [7, 11) is 3.18. The number of carbonyl (C=O) groups is 2. The van der Waals surface area contributed by atoms with Crippen molar-refractivity contribution in [3.63, 3.8) is 0 Å². The van der Waals surface area contributed by atoms with Crippen LogP contribution in [0.4, 0.5) is 0 Å². The van der Waals surface area contributed by atoms with Gasteiger partial charge in [-0.1, -0.05) is 19.9 Å². The van der Waals surface area contributed by atoms with Gasteiger partial charge in [0.05, 0.1) is 20.6 Å². The van der Waals surface area contributed by atoms with E-state index in [0.29, 0.717) is 31.0 Å². The van der Waals surface area contributed by atoms with Crippen LogP contribution in [0.5, 0.6) is 11.5 Å². The molecule has 0 unspecified atom stereocenters. The minimum atomic E-state index is 0.0447. The van der Waals surface area contributed by atoms with Crippen LogP contribution >= 0.6 is 0 Å². The molecule has 0 aromatic heterocycles. The van der Waals surface area contributed by atoms with E-state index >= 15 is 0 Å². The SMILES string of the molecule is CCCN(CCC)C(=O)C1CCN(C(=O)Cc2ccc(OC)c(OC)c2)CC1. The third kappa shape index (κ3) is 5.63. The second kappa shape index (κ2) is 10.9. The molecule has 156 valence electrons. The van der Waals surface area contributed by atoms with E-state index in [4.69, 9.17) is 9.47 Å². The molecule has 1 saturated heterocycles. The van der Waals surface area contributed by atoms with Gasteiger partial charge >= 0.3 is 0 Å². The zero-order valence-corrected chi connectivity index (χ0v) is 17.7. The molecule has 1 fully saturated rings. The third-order valence-corrected chi connectivity index (χ3v) is 5.30. The zero-order chi connectivity index (χ0) is 20.5. The predicted molar refractivity (Wildman–Crippen MR) is 110 cm³/mol. The van der Waals surface area contributed by atoms with Crippen LogP contribution in [0.3, 0.4) is 0 Å². The highest BCUT2D eigenvalue weighted by Gasteiger charge is 2.29. The summed E-state index contributed by atoms with van der Waals surface area (Å²) in [5.41, 5.74) is 0.901. The number of ether oxygens (including phenoxy) is 2. The van der Waals surface area contributed by atoms with E-state index in [1.165, 1.54) is 0 Å². The molecule has 0 radical (unpaired) electrons. The molecule has 1 heterocycles. The van der Waals surface area contributed by atoms with Crippen molar-refractivity contribution >= 4 is 11.8 Å². The molecular weight excluding hydrogens is 356 g/mol. The highest BCUT2D eigenvalue weighted by Crippen LogP contribution is 2.28. The molecule has 6 nitrogen and oxygen atoms in total. The van der Waals surface area contributed by atoms with Crippen molar-refractivity contribution in [3.8, 4) is 11.5 Å². The Balaban J connectivity index is 1.90. The molecule has 0 atom stereocenters. The first-order valence-electron chi connectivity index (χ1n) is 10.3. The van der Waals surface area contributed by atoms with E-state index < -0.39 is 0 Å².